The van der Waals surface area contributed by atoms with Crippen molar-refractivity contribution in [1.82, 2.24) is 0 Å². The number of unbranched alkanes of at least 4 members (excludes halogenated alkanes) is 13. The summed E-state index contributed by atoms with van der Waals surface area (Å²) in [6.45, 7) is 8.16. The second-order valence-corrected chi connectivity index (χ2v) is 8.96. The van der Waals surface area contributed by atoms with Crippen molar-refractivity contribution in [2.45, 2.75) is 96.8 Å². The molecule has 0 unspecified atom stereocenters. The lowest BCUT2D eigenvalue weighted by atomic mass is 10.0. The van der Waals surface area contributed by atoms with Gasteiger partial charge in [0, 0.05) is 6.61 Å². The molecule has 0 rings (SSSR count). The largest absolute Gasteiger partial charge is 0.379 e. The van der Waals surface area contributed by atoms with Crippen LogP contribution in [-0.2, 0) is 28.4 Å². The van der Waals surface area contributed by atoms with Crippen molar-refractivity contribution < 1.29 is 32.8 Å². The van der Waals surface area contributed by atoms with Crippen LogP contribution in [0.2, 0.25) is 0 Å². The van der Waals surface area contributed by atoms with Gasteiger partial charge in [-0.25, -0.2) is 4.39 Å². The molecule has 6 nitrogen and oxygen atoms in total. The molecule has 212 valence electrons. The Morgan fingerprint density at radius 1 is 0.314 bits per heavy atom. The molecule has 0 aliphatic rings. The van der Waals surface area contributed by atoms with Gasteiger partial charge in [-0.1, -0.05) is 90.4 Å². The van der Waals surface area contributed by atoms with Gasteiger partial charge in [0.15, 0.2) is 0 Å². The topological polar surface area (TPSA) is 55.4 Å². The van der Waals surface area contributed by atoms with Crippen LogP contribution in [0.4, 0.5) is 4.39 Å². The van der Waals surface area contributed by atoms with E-state index in [1.807, 2.05) is 0 Å². The molecule has 0 aromatic rings. The fourth-order valence-electron chi connectivity index (χ4n) is 3.65. The predicted octanol–water partition coefficient (Wildman–Crippen LogP) is 6.54. The second kappa shape index (κ2) is 33.7. The van der Waals surface area contributed by atoms with E-state index in [0.717, 1.165) is 13.0 Å². The Morgan fingerprint density at radius 2 is 0.571 bits per heavy atom. The van der Waals surface area contributed by atoms with Crippen LogP contribution in [0.15, 0.2) is 0 Å². The summed E-state index contributed by atoms with van der Waals surface area (Å²) >= 11 is 0. The summed E-state index contributed by atoms with van der Waals surface area (Å²) in [6.07, 6.45) is 19.3. The number of ether oxygens (including phenoxy) is 6. The van der Waals surface area contributed by atoms with Crippen molar-refractivity contribution in [3.8, 4) is 0 Å². The van der Waals surface area contributed by atoms with Crippen molar-refractivity contribution in [2.24, 2.45) is 0 Å². The predicted molar refractivity (Wildman–Crippen MR) is 141 cm³/mol. The van der Waals surface area contributed by atoms with Crippen molar-refractivity contribution in [2.75, 3.05) is 86.0 Å². The van der Waals surface area contributed by atoms with Crippen LogP contribution >= 0.6 is 0 Å². The molecule has 0 aromatic heterocycles. The average molecular weight is 509 g/mol. The van der Waals surface area contributed by atoms with E-state index in [-0.39, 0.29) is 6.61 Å². The van der Waals surface area contributed by atoms with Gasteiger partial charge in [-0.05, 0) is 6.42 Å². The first-order valence-electron chi connectivity index (χ1n) is 14.4. The zero-order valence-electron chi connectivity index (χ0n) is 22.9. The minimum atomic E-state index is -0.457. The van der Waals surface area contributed by atoms with Gasteiger partial charge in [0.05, 0.1) is 72.7 Å². The molecule has 0 atom stereocenters. The average Bonchev–Trinajstić information content (AvgIpc) is 2.87. The highest BCUT2D eigenvalue weighted by molar-refractivity contribution is 4.49. The molecule has 0 radical (unpaired) electrons. The zero-order chi connectivity index (χ0) is 25.3. The molecule has 7 heteroatoms. The first kappa shape index (κ1) is 34.7. The van der Waals surface area contributed by atoms with E-state index in [0.29, 0.717) is 66.1 Å². The maximum Gasteiger partial charge on any atom is 0.113 e. The van der Waals surface area contributed by atoms with Crippen molar-refractivity contribution in [1.29, 1.82) is 0 Å². The number of halogens is 1. The molecule has 0 saturated heterocycles. The highest BCUT2D eigenvalue weighted by Gasteiger charge is 1.96. The molecule has 0 amide bonds. The Kier molecular flexibility index (Phi) is 33.4. The van der Waals surface area contributed by atoms with Gasteiger partial charge < -0.3 is 28.4 Å². The van der Waals surface area contributed by atoms with Crippen LogP contribution in [0.3, 0.4) is 0 Å². The molecule has 0 heterocycles. The van der Waals surface area contributed by atoms with Crippen LogP contribution in [0.25, 0.3) is 0 Å². The fourth-order valence-corrected chi connectivity index (χ4v) is 3.65. The van der Waals surface area contributed by atoms with Crippen LogP contribution in [0.1, 0.15) is 96.8 Å². The van der Waals surface area contributed by atoms with E-state index in [1.165, 1.54) is 83.5 Å². The van der Waals surface area contributed by atoms with Crippen LogP contribution in [-0.4, -0.2) is 86.0 Å². The molecular weight excluding hydrogens is 451 g/mol. The molecule has 0 aromatic carbocycles. The minimum Gasteiger partial charge on any atom is -0.379 e. The zero-order valence-corrected chi connectivity index (χ0v) is 22.9. The van der Waals surface area contributed by atoms with Crippen molar-refractivity contribution in [3.05, 3.63) is 0 Å². The van der Waals surface area contributed by atoms with Gasteiger partial charge in [-0.2, -0.15) is 0 Å². The number of rotatable bonds is 32. The summed E-state index contributed by atoms with van der Waals surface area (Å²) in [5.74, 6) is 0. The molecule has 0 fully saturated rings. The summed E-state index contributed by atoms with van der Waals surface area (Å²) in [5.41, 5.74) is 0. The first-order valence-corrected chi connectivity index (χ1v) is 14.4. The van der Waals surface area contributed by atoms with E-state index in [2.05, 4.69) is 6.92 Å². The lowest BCUT2D eigenvalue weighted by molar-refractivity contribution is -0.0172. The fraction of sp³-hybridized carbons (Fsp3) is 1.00. The maximum atomic E-state index is 11.8. The SMILES string of the molecule is CCCCCCCCCCCCCCCCOCCOCCOCCOCCOCCOCCF. The highest BCUT2D eigenvalue weighted by atomic mass is 19.1. The molecular formula is C28H57FO6. The number of hydrogen-bond acceptors (Lipinski definition) is 6. The quantitative estimate of drug-likeness (QED) is 0.0962. The van der Waals surface area contributed by atoms with Gasteiger partial charge in [0.25, 0.3) is 0 Å². The Bertz CT molecular complexity index is 330. The lowest BCUT2D eigenvalue weighted by Gasteiger charge is -2.08. The van der Waals surface area contributed by atoms with Crippen LogP contribution in [0.5, 0.6) is 0 Å². The first-order chi connectivity index (χ1) is 17.4. The van der Waals surface area contributed by atoms with Gasteiger partial charge in [-0.3, -0.25) is 0 Å². The third-order valence-corrected chi connectivity index (χ3v) is 5.72. The Hall–Kier alpha value is -0.310. The third-order valence-electron chi connectivity index (χ3n) is 5.72. The standard InChI is InChI=1S/C28H57FO6/c1-2-3-4-5-6-7-8-9-10-11-12-13-14-15-17-30-19-21-32-23-25-34-27-28-35-26-24-33-22-20-31-18-16-29/h2-28H2,1H3. The van der Waals surface area contributed by atoms with Gasteiger partial charge in [-0.15, -0.1) is 0 Å². The lowest BCUT2D eigenvalue weighted by Crippen LogP contribution is -2.14. The third kappa shape index (κ3) is 33.7. The highest BCUT2D eigenvalue weighted by Crippen LogP contribution is 2.12. The summed E-state index contributed by atoms with van der Waals surface area (Å²) in [7, 11) is 0. The summed E-state index contributed by atoms with van der Waals surface area (Å²) in [5, 5.41) is 0. The smallest absolute Gasteiger partial charge is 0.113 e. The molecule has 0 aliphatic heterocycles. The van der Waals surface area contributed by atoms with E-state index in [9.17, 15) is 4.39 Å². The van der Waals surface area contributed by atoms with Gasteiger partial charge in [0.1, 0.15) is 6.67 Å². The molecule has 0 N–H and O–H groups in total. The number of alkyl halides is 1. The molecule has 0 spiro atoms. The minimum absolute atomic E-state index is 0.132. The van der Waals surface area contributed by atoms with Crippen LogP contribution in [0, 0.1) is 0 Å². The molecule has 0 saturated carbocycles. The van der Waals surface area contributed by atoms with Gasteiger partial charge >= 0.3 is 0 Å². The molecule has 35 heavy (non-hydrogen) atoms. The second-order valence-electron chi connectivity index (χ2n) is 8.96. The number of hydrogen-bond donors (Lipinski definition) is 0. The van der Waals surface area contributed by atoms with Gasteiger partial charge in [0.2, 0.25) is 0 Å². The van der Waals surface area contributed by atoms with Crippen molar-refractivity contribution >= 4 is 0 Å². The Morgan fingerprint density at radius 3 is 0.886 bits per heavy atom. The van der Waals surface area contributed by atoms with Crippen LogP contribution < -0.4 is 0 Å². The molecule has 0 aliphatic carbocycles. The Balaban J connectivity index is 3.00. The molecule has 0 bridgehead atoms. The van der Waals surface area contributed by atoms with E-state index in [1.54, 1.807) is 0 Å². The summed E-state index contributed by atoms with van der Waals surface area (Å²) in [6, 6.07) is 0. The van der Waals surface area contributed by atoms with E-state index >= 15 is 0 Å². The summed E-state index contributed by atoms with van der Waals surface area (Å²) in [4.78, 5) is 0. The van der Waals surface area contributed by atoms with E-state index < -0.39 is 6.67 Å². The van der Waals surface area contributed by atoms with Crippen molar-refractivity contribution in [3.63, 3.8) is 0 Å². The monoisotopic (exact) mass is 508 g/mol. The summed E-state index contributed by atoms with van der Waals surface area (Å²) < 4.78 is 44.1. The Labute approximate surface area is 215 Å². The maximum absolute atomic E-state index is 11.8. The van der Waals surface area contributed by atoms with E-state index in [4.69, 9.17) is 28.4 Å². The normalized spacial score (nSPS) is 11.5.